The fourth-order valence-corrected chi connectivity index (χ4v) is 2.61. The third-order valence-corrected chi connectivity index (χ3v) is 3.98. The van der Waals surface area contributed by atoms with Crippen LogP contribution in [0.5, 0.6) is 5.88 Å². The molecule has 0 aliphatic carbocycles. The Kier molecular flexibility index (Phi) is 4.61. The Balaban J connectivity index is 1.51. The third-order valence-electron chi connectivity index (χ3n) is 3.98. The SMILES string of the molecule is Fc1cc(COc2ccc3cccc(F)c3n2)ccc1-c1noc(C(F)(F)F)n1. The van der Waals surface area contributed by atoms with E-state index in [0.717, 1.165) is 6.07 Å². The predicted octanol–water partition coefficient (Wildman–Crippen LogP) is 5.16. The van der Waals surface area contributed by atoms with E-state index in [0.29, 0.717) is 10.9 Å². The summed E-state index contributed by atoms with van der Waals surface area (Å²) in [6, 6.07) is 11.4. The summed E-state index contributed by atoms with van der Waals surface area (Å²) in [4.78, 5) is 7.23. The van der Waals surface area contributed by atoms with Gasteiger partial charge in [-0.1, -0.05) is 23.4 Å². The van der Waals surface area contributed by atoms with Crippen molar-refractivity contribution < 1.29 is 31.2 Å². The van der Waals surface area contributed by atoms with Crippen LogP contribution in [-0.4, -0.2) is 15.1 Å². The second-order valence-corrected chi connectivity index (χ2v) is 5.98. The molecule has 10 heteroatoms. The molecule has 0 aliphatic rings. The third kappa shape index (κ3) is 3.86. The van der Waals surface area contributed by atoms with Gasteiger partial charge in [-0.05, 0) is 29.8 Å². The van der Waals surface area contributed by atoms with E-state index in [1.165, 1.54) is 18.2 Å². The summed E-state index contributed by atoms with van der Waals surface area (Å²) in [6.07, 6.45) is -4.82. The van der Waals surface area contributed by atoms with E-state index in [4.69, 9.17) is 4.74 Å². The molecule has 148 valence electrons. The average molecular weight is 407 g/mol. The van der Waals surface area contributed by atoms with Gasteiger partial charge in [-0.2, -0.15) is 18.2 Å². The zero-order chi connectivity index (χ0) is 20.6. The van der Waals surface area contributed by atoms with Gasteiger partial charge in [0.15, 0.2) is 0 Å². The lowest BCUT2D eigenvalue weighted by molar-refractivity contribution is -0.159. The standard InChI is InChI=1S/C19H10F5N3O2/c20-13-3-1-2-11-5-7-15(25-16(11)13)28-9-10-4-6-12(14(21)8-10)17-26-18(29-27-17)19(22,23)24/h1-8H,9H2. The summed E-state index contributed by atoms with van der Waals surface area (Å²) in [5, 5.41) is 3.75. The summed E-state index contributed by atoms with van der Waals surface area (Å²) in [5.74, 6) is -3.29. The van der Waals surface area contributed by atoms with Gasteiger partial charge in [-0.15, -0.1) is 0 Å². The van der Waals surface area contributed by atoms with E-state index in [2.05, 4.69) is 19.6 Å². The van der Waals surface area contributed by atoms with Crippen LogP contribution in [0.3, 0.4) is 0 Å². The zero-order valence-electron chi connectivity index (χ0n) is 14.4. The second kappa shape index (κ2) is 7.12. The summed E-state index contributed by atoms with van der Waals surface area (Å²) < 4.78 is 75.3. The predicted molar refractivity (Wildman–Crippen MR) is 90.7 cm³/mol. The summed E-state index contributed by atoms with van der Waals surface area (Å²) >= 11 is 0. The Morgan fingerprint density at radius 3 is 2.48 bits per heavy atom. The van der Waals surface area contributed by atoms with E-state index in [-0.39, 0.29) is 23.6 Å². The smallest absolute Gasteiger partial charge is 0.471 e. The lowest BCUT2D eigenvalue weighted by Gasteiger charge is -2.08. The number of hydrogen-bond acceptors (Lipinski definition) is 5. The van der Waals surface area contributed by atoms with Crippen LogP contribution in [0.1, 0.15) is 11.5 Å². The Morgan fingerprint density at radius 2 is 1.76 bits per heavy atom. The van der Waals surface area contributed by atoms with Gasteiger partial charge in [0.1, 0.15) is 23.8 Å². The van der Waals surface area contributed by atoms with E-state index in [1.54, 1.807) is 24.3 Å². The van der Waals surface area contributed by atoms with Crippen molar-refractivity contribution in [1.82, 2.24) is 15.1 Å². The molecular formula is C19H10F5N3O2. The van der Waals surface area contributed by atoms with Gasteiger partial charge in [0.05, 0.1) is 5.56 Å². The van der Waals surface area contributed by atoms with Crippen LogP contribution in [0.25, 0.3) is 22.3 Å². The van der Waals surface area contributed by atoms with Crippen molar-refractivity contribution in [3.8, 4) is 17.3 Å². The molecule has 0 saturated carbocycles. The van der Waals surface area contributed by atoms with Crippen LogP contribution >= 0.6 is 0 Å². The lowest BCUT2D eigenvalue weighted by atomic mass is 10.1. The van der Waals surface area contributed by atoms with Crippen molar-refractivity contribution in [2.24, 2.45) is 0 Å². The van der Waals surface area contributed by atoms with Crippen molar-refractivity contribution in [2.45, 2.75) is 12.8 Å². The average Bonchev–Trinajstić information content (AvgIpc) is 3.17. The molecule has 0 amide bonds. The molecule has 2 aromatic carbocycles. The number of ether oxygens (including phenoxy) is 1. The number of fused-ring (bicyclic) bond motifs is 1. The van der Waals surface area contributed by atoms with Gasteiger partial charge in [0.25, 0.3) is 0 Å². The highest BCUT2D eigenvalue weighted by Crippen LogP contribution is 2.30. The minimum absolute atomic E-state index is 0.0931. The molecule has 0 atom stereocenters. The highest BCUT2D eigenvalue weighted by Gasteiger charge is 2.38. The van der Waals surface area contributed by atoms with Crippen LogP contribution in [-0.2, 0) is 12.8 Å². The van der Waals surface area contributed by atoms with Crippen molar-refractivity contribution >= 4 is 10.9 Å². The molecule has 0 radical (unpaired) electrons. The van der Waals surface area contributed by atoms with E-state index >= 15 is 0 Å². The molecule has 0 saturated heterocycles. The maximum atomic E-state index is 14.3. The molecule has 2 aromatic heterocycles. The molecule has 0 spiro atoms. The Morgan fingerprint density at radius 1 is 0.931 bits per heavy atom. The molecule has 29 heavy (non-hydrogen) atoms. The van der Waals surface area contributed by atoms with Crippen LogP contribution in [0.15, 0.2) is 53.1 Å². The minimum atomic E-state index is -4.82. The van der Waals surface area contributed by atoms with Crippen molar-refractivity contribution in [3.63, 3.8) is 0 Å². The maximum absolute atomic E-state index is 14.3. The Hall–Kier alpha value is -3.56. The minimum Gasteiger partial charge on any atom is -0.473 e. The van der Waals surface area contributed by atoms with Gasteiger partial charge in [0.2, 0.25) is 11.7 Å². The summed E-state index contributed by atoms with van der Waals surface area (Å²) in [7, 11) is 0. The van der Waals surface area contributed by atoms with E-state index in [1.807, 2.05) is 0 Å². The first-order valence-electron chi connectivity index (χ1n) is 8.19. The van der Waals surface area contributed by atoms with Gasteiger partial charge in [0, 0.05) is 11.5 Å². The van der Waals surface area contributed by atoms with Crippen molar-refractivity contribution in [2.75, 3.05) is 0 Å². The fourth-order valence-electron chi connectivity index (χ4n) is 2.61. The van der Waals surface area contributed by atoms with Gasteiger partial charge < -0.3 is 9.26 Å². The lowest BCUT2D eigenvalue weighted by Crippen LogP contribution is -2.05. The summed E-state index contributed by atoms with van der Waals surface area (Å²) in [5.41, 5.74) is 0.268. The second-order valence-electron chi connectivity index (χ2n) is 5.98. The van der Waals surface area contributed by atoms with Crippen molar-refractivity contribution in [1.29, 1.82) is 0 Å². The maximum Gasteiger partial charge on any atom is 0.471 e. The quantitative estimate of drug-likeness (QED) is 0.438. The van der Waals surface area contributed by atoms with Crippen LogP contribution < -0.4 is 4.74 Å². The highest BCUT2D eigenvalue weighted by atomic mass is 19.4. The van der Waals surface area contributed by atoms with Crippen LogP contribution in [0.4, 0.5) is 22.0 Å². The largest absolute Gasteiger partial charge is 0.473 e. The topological polar surface area (TPSA) is 61.0 Å². The number of nitrogens with zero attached hydrogens (tertiary/aromatic N) is 3. The Bertz CT molecular complexity index is 1190. The number of halogens is 5. The van der Waals surface area contributed by atoms with Gasteiger partial charge in [-0.3, -0.25) is 0 Å². The molecule has 0 N–H and O–H groups in total. The first-order valence-corrected chi connectivity index (χ1v) is 8.19. The Labute approximate surface area is 159 Å². The molecule has 0 fully saturated rings. The first-order chi connectivity index (χ1) is 13.8. The van der Waals surface area contributed by atoms with E-state index < -0.39 is 29.5 Å². The van der Waals surface area contributed by atoms with Crippen LogP contribution in [0, 0.1) is 11.6 Å². The normalized spacial score (nSPS) is 11.8. The van der Waals surface area contributed by atoms with Crippen LogP contribution in [0.2, 0.25) is 0 Å². The molecule has 0 bridgehead atoms. The molecule has 2 heterocycles. The molecule has 0 unspecified atom stereocenters. The number of benzene rings is 2. The molecular weight excluding hydrogens is 397 g/mol. The number of rotatable bonds is 4. The number of para-hydroxylation sites is 1. The van der Waals surface area contributed by atoms with Gasteiger partial charge in [-0.25, -0.2) is 13.8 Å². The van der Waals surface area contributed by atoms with Gasteiger partial charge >= 0.3 is 12.1 Å². The fraction of sp³-hybridized carbons (Fsp3) is 0.105. The molecule has 4 aromatic rings. The highest BCUT2D eigenvalue weighted by molar-refractivity contribution is 5.79. The molecule has 4 rings (SSSR count). The molecule has 0 aliphatic heterocycles. The van der Waals surface area contributed by atoms with E-state index in [9.17, 15) is 22.0 Å². The zero-order valence-corrected chi connectivity index (χ0v) is 14.4. The number of pyridine rings is 1. The number of alkyl halides is 3. The number of aromatic nitrogens is 3. The number of hydrogen-bond donors (Lipinski definition) is 0. The molecule has 5 nitrogen and oxygen atoms in total. The van der Waals surface area contributed by atoms with Crippen molar-refractivity contribution in [3.05, 3.63) is 71.6 Å². The monoisotopic (exact) mass is 407 g/mol. The summed E-state index contributed by atoms with van der Waals surface area (Å²) in [6.45, 7) is -0.0931. The first kappa shape index (κ1) is 18.8.